The van der Waals surface area contributed by atoms with Crippen molar-refractivity contribution < 1.29 is 9.90 Å². The van der Waals surface area contributed by atoms with E-state index in [-0.39, 0.29) is 17.9 Å². The Morgan fingerprint density at radius 1 is 1.40 bits per heavy atom. The zero-order chi connectivity index (χ0) is 10.7. The zero-order valence-electron chi connectivity index (χ0n) is 8.57. The second kappa shape index (κ2) is 4.49. The summed E-state index contributed by atoms with van der Waals surface area (Å²) in [6.45, 7) is 0. The van der Waals surface area contributed by atoms with Crippen LogP contribution >= 0.6 is 0 Å². The molecule has 1 aliphatic carbocycles. The van der Waals surface area contributed by atoms with Crippen molar-refractivity contribution in [2.45, 2.75) is 31.8 Å². The van der Waals surface area contributed by atoms with E-state index in [1.54, 1.807) is 12.4 Å². The van der Waals surface area contributed by atoms with E-state index in [0.717, 1.165) is 31.4 Å². The maximum absolute atomic E-state index is 11.8. The molecule has 3 N–H and O–H groups in total. The molecule has 4 nitrogen and oxygen atoms in total. The van der Waals surface area contributed by atoms with Gasteiger partial charge in [-0.25, -0.2) is 0 Å². The normalized spacial score (nSPS) is 26.2. The number of rotatable bonds is 2. The van der Waals surface area contributed by atoms with E-state index < -0.39 is 0 Å². The van der Waals surface area contributed by atoms with Crippen LogP contribution in [0, 0.1) is 5.92 Å². The van der Waals surface area contributed by atoms with E-state index >= 15 is 0 Å². The standard InChI is InChI=1S/C11H16N2O2/c14-10-3-1-8(2-4-10)11(15)13-9-5-6-12-7-9/h5-8,10,12,14H,1-4H2,(H,13,15). The van der Waals surface area contributed by atoms with Crippen LogP contribution in [0.2, 0.25) is 0 Å². The van der Waals surface area contributed by atoms with Gasteiger partial charge in [0.15, 0.2) is 0 Å². The largest absolute Gasteiger partial charge is 0.393 e. The van der Waals surface area contributed by atoms with Crippen molar-refractivity contribution in [3.63, 3.8) is 0 Å². The summed E-state index contributed by atoms with van der Waals surface area (Å²) in [7, 11) is 0. The molecule has 0 unspecified atom stereocenters. The predicted molar refractivity (Wildman–Crippen MR) is 57.4 cm³/mol. The van der Waals surface area contributed by atoms with Crippen molar-refractivity contribution in [3.05, 3.63) is 18.5 Å². The molecule has 0 spiro atoms. The van der Waals surface area contributed by atoms with Crippen LogP contribution in [-0.2, 0) is 4.79 Å². The van der Waals surface area contributed by atoms with Crippen LogP contribution in [0.4, 0.5) is 5.69 Å². The maximum atomic E-state index is 11.8. The zero-order valence-corrected chi connectivity index (χ0v) is 8.57. The highest BCUT2D eigenvalue weighted by Crippen LogP contribution is 2.25. The molecule has 0 saturated heterocycles. The molecule has 1 aliphatic rings. The van der Waals surface area contributed by atoms with Gasteiger partial charge in [0.25, 0.3) is 0 Å². The topological polar surface area (TPSA) is 65.1 Å². The number of carbonyl (C=O) groups excluding carboxylic acids is 1. The third-order valence-electron chi connectivity index (χ3n) is 2.93. The fraction of sp³-hybridized carbons (Fsp3) is 0.545. The van der Waals surface area contributed by atoms with Crippen molar-refractivity contribution in [1.29, 1.82) is 0 Å². The number of amides is 1. The Hall–Kier alpha value is -1.29. The van der Waals surface area contributed by atoms with Crippen molar-refractivity contribution in [2.24, 2.45) is 5.92 Å². The Bertz CT molecular complexity index is 313. The van der Waals surface area contributed by atoms with Crippen LogP contribution in [0.15, 0.2) is 18.5 Å². The molecule has 82 valence electrons. The number of aliphatic hydroxyl groups excluding tert-OH is 1. The van der Waals surface area contributed by atoms with Crippen LogP contribution in [0.5, 0.6) is 0 Å². The molecule has 0 atom stereocenters. The smallest absolute Gasteiger partial charge is 0.227 e. The molecule has 1 amide bonds. The number of H-pyrrole nitrogens is 1. The number of hydrogen-bond donors (Lipinski definition) is 3. The van der Waals surface area contributed by atoms with E-state index in [0.29, 0.717) is 0 Å². The number of aliphatic hydroxyl groups is 1. The minimum absolute atomic E-state index is 0.0586. The van der Waals surface area contributed by atoms with Crippen LogP contribution < -0.4 is 5.32 Å². The summed E-state index contributed by atoms with van der Waals surface area (Å²) in [4.78, 5) is 14.7. The summed E-state index contributed by atoms with van der Waals surface area (Å²) >= 11 is 0. The first-order valence-electron chi connectivity index (χ1n) is 5.37. The lowest BCUT2D eigenvalue weighted by molar-refractivity contribution is -0.121. The molecule has 1 fully saturated rings. The number of nitrogens with one attached hydrogen (secondary N) is 2. The second-order valence-electron chi connectivity index (χ2n) is 4.09. The van der Waals surface area contributed by atoms with E-state index in [4.69, 9.17) is 0 Å². The van der Waals surface area contributed by atoms with E-state index in [2.05, 4.69) is 10.3 Å². The number of hydrogen-bond acceptors (Lipinski definition) is 2. The Morgan fingerprint density at radius 3 is 2.73 bits per heavy atom. The first kappa shape index (κ1) is 10.2. The summed E-state index contributed by atoms with van der Waals surface area (Å²) in [6.07, 6.45) is 6.39. The first-order chi connectivity index (χ1) is 7.25. The van der Waals surface area contributed by atoms with Gasteiger partial charge in [0, 0.05) is 18.3 Å². The SMILES string of the molecule is O=C(Nc1cc[nH]c1)C1CCC(O)CC1. The lowest BCUT2D eigenvalue weighted by Gasteiger charge is -2.24. The summed E-state index contributed by atoms with van der Waals surface area (Å²) in [5.74, 6) is 0.129. The second-order valence-corrected chi connectivity index (χ2v) is 4.09. The van der Waals surface area contributed by atoms with Crippen molar-refractivity contribution in [3.8, 4) is 0 Å². The average molecular weight is 208 g/mol. The minimum atomic E-state index is -0.207. The van der Waals surface area contributed by atoms with E-state index in [9.17, 15) is 9.90 Å². The molecular weight excluding hydrogens is 192 g/mol. The minimum Gasteiger partial charge on any atom is -0.393 e. The molecule has 4 heteroatoms. The van der Waals surface area contributed by atoms with Crippen LogP contribution in [0.3, 0.4) is 0 Å². The number of aromatic nitrogens is 1. The molecule has 0 aromatic carbocycles. The lowest BCUT2D eigenvalue weighted by Crippen LogP contribution is -2.28. The number of anilines is 1. The van der Waals surface area contributed by atoms with Crippen molar-refractivity contribution >= 4 is 11.6 Å². The predicted octanol–water partition coefficient (Wildman–Crippen LogP) is 1.50. The fourth-order valence-corrected chi connectivity index (χ4v) is 1.98. The van der Waals surface area contributed by atoms with Gasteiger partial charge in [-0.3, -0.25) is 4.79 Å². The van der Waals surface area contributed by atoms with E-state index in [1.807, 2.05) is 6.07 Å². The molecule has 1 aromatic heterocycles. The van der Waals surface area contributed by atoms with Gasteiger partial charge in [0.1, 0.15) is 0 Å². The van der Waals surface area contributed by atoms with Crippen LogP contribution in [-0.4, -0.2) is 22.1 Å². The monoisotopic (exact) mass is 208 g/mol. The number of aromatic amines is 1. The van der Waals surface area contributed by atoms with Gasteiger partial charge >= 0.3 is 0 Å². The highest BCUT2D eigenvalue weighted by molar-refractivity contribution is 5.92. The molecule has 0 aliphatic heterocycles. The Labute approximate surface area is 88.7 Å². The maximum Gasteiger partial charge on any atom is 0.227 e. The van der Waals surface area contributed by atoms with Crippen molar-refractivity contribution in [1.82, 2.24) is 4.98 Å². The first-order valence-corrected chi connectivity index (χ1v) is 5.37. The fourth-order valence-electron chi connectivity index (χ4n) is 1.98. The molecule has 0 bridgehead atoms. The highest BCUT2D eigenvalue weighted by Gasteiger charge is 2.25. The van der Waals surface area contributed by atoms with Gasteiger partial charge in [0.05, 0.1) is 11.8 Å². The van der Waals surface area contributed by atoms with Gasteiger partial charge in [-0.05, 0) is 31.7 Å². The Balaban J connectivity index is 1.86. The number of carbonyl (C=O) groups is 1. The van der Waals surface area contributed by atoms with Crippen molar-refractivity contribution in [2.75, 3.05) is 5.32 Å². The van der Waals surface area contributed by atoms with Crippen LogP contribution in [0.1, 0.15) is 25.7 Å². The van der Waals surface area contributed by atoms with E-state index in [1.165, 1.54) is 0 Å². The summed E-state index contributed by atoms with van der Waals surface area (Å²) in [5.41, 5.74) is 0.811. The Kier molecular flexibility index (Phi) is 3.06. The molecule has 1 aromatic rings. The van der Waals surface area contributed by atoms with Gasteiger partial charge < -0.3 is 15.4 Å². The highest BCUT2D eigenvalue weighted by atomic mass is 16.3. The van der Waals surface area contributed by atoms with Gasteiger partial charge in [-0.15, -0.1) is 0 Å². The average Bonchev–Trinajstić information content (AvgIpc) is 2.71. The molecular formula is C11H16N2O2. The molecule has 0 radical (unpaired) electrons. The third kappa shape index (κ3) is 2.59. The van der Waals surface area contributed by atoms with Gasteiger partial charge in [-0.1, -0.05) is 0 Å². The summed E-state index contributed by atoms with van der Waals surface area (Å²) < 4.78 is 0. The van der Waals surface area contributed by atoms with Gasteiger partial charge in [0.2, 0.25) is 5.91 Å². The summed E-state index contributed by atoms with van der Waals surface area (Å²) in [5, 5.41) is 12.2. The van der Waals surface area contributed by atoms with Gasteiger partial charge in [-0.2, -0.15) is 0 Å². The molecule has 15 heavy (non-hydrogen) atoms. The molecule has 2 rings (SSSR count). The summed E-state index contributed by atoms with van der Waals surface area (Å²) in [6, 6.07) is 1.83. The quantitative estimate of drug-likeness (QED) is 0.689. The molecule has 1 heterocycles. The van der Waals surface area contributed by atoms with Crippen LogP contribution in [0.25, 0.3) is 0 Å². The Morgan fingerprint density at radius 2 is 2.13 bits per heavy atom. The molecule has 1 saturated carbocycles. The lowest BCUT2D eigenvalue weighted by atomic mass is 9.87. The third-order valence-corrected chi connectivity index (χ3v) is 2.93.